The Balaban J connectivity index is 2.32. The highest BCUT2D eigenvalue weighted by atomic mass is 35.5. The largest absolute Gasteiger partial charge is 0.492 e. The number of anilines is 1. The molecule has 2 amide bonds. The molecule has 0 bridgehead atoms. The summed E-state index contributed by atoms with van der Waals surface area (Å²) in [5, 5.41) is 2.67. The summed E-state index contributed by atoms with van der Waals surface area (Å²) in [6.45, 7) is 6.06. The summed E-state index contributed by atoms with van der Waals surface area (Å²) in [4.78, 5) is 44.1. The van der Waals surface area contributed by atoms with Crippen LogP contribution in [0, 0.1) is 0 Å². The number of alkyl halides is 3. The number of esters is 1. The predicted molar refractivity (Wildman–Crippen MR) is 135 cm³/mol. The minimum atomic E-state index is -5.31. The summed E-state index contributed by atoms with van der Waals surface area (Å²) in [6, 6.07) is 5.38. The quantitative estimate of drug-likeness (QED) is 0.234. The maximum atomic E-state index is 13.5. The summed E-state index contributed by atoms with van der Waals surface area (Å²) in [7, 11) is 1.61. The van der Waals surface area contributed by atoms with E-state index in [-0.39, 0.29) is 31.2 Å². The Morgan fingerprint density at radius 3 is 2.39 bits per heavy atom. The topological polar surface area (TPSA) is 101 Å². The Kier molecular flexibility index (Phi) is 11.2. The molecule has 0 aliphatic rings. The molecule has 0 atom stereocenters. The Bertz CT molecular complexity index is 1120. The second kappa shape index (κ2) is 13.8. The Labute approximate surface area is 223 Å². The van der Waals surface area contributed by atoms with E-state index in [0.29, 0.717) is 13.1 Å². The number of hydrogen-bond acceptors (Lipinski definition) is 7. The average Bonchev–Trinajstić information content (AvgIpc) is 2.86. The van der Waals surface area contributed by atoms with Crippen LogP contribution in [0.3, 0.4) is 0 Å². The van der Waals surface area contributed by atoms with Gasteiger partial charge in [0.25, 0.3) is 5.91 Å². The highest BCUT2D eigenvalue weighted by molar-refractivity contribution is 6.33. The number of carbonyl (C=O) groups is 3. The lowest BCUT2D eigenvalue weighted by Crippen LogP contribution is -2.40. The number of ether oxygens (including phenoxy) is 2. The van der Waals surface area contributed by atoms with Crippen molar-refractivity contribution in [2.75, 3.05) is 38.6 Å². The first-order valence-corrected chi connectivity index (χ1v) is 12.2. The molecule has 13 heteroatoms. The first-order chi connectivity index (χ1) is 17.8. The van der Waals surface area contributed by atoms with Crippen molar-refractivity contribution < 1.29 is 37.0 Å². The Morgan fingerprint density at radius 2 is 1.82 bits per heavy atom. The van der Waals surface area contributed by atoms with E-state index < -0.39 is 40.4 Å². The van der Waals surface area contributed by atoms with Crippen LogP contribution in [0.4, 0.5) is 18.9 Å². The van der Waals surface area contributed by atoms with Gasteiger partial charge in [0.05, 0.1) is 10.6 Å². The first-order valence-electron chi connectivity index (χ1n) is 11.8. The molecule has 9 nitrogen and oxygen atoms in total. The lowest BCUT2D eigenvalue weighted by atomic mass is 10.1. The van der Waals surface area contributed by atoms with Crippen LogP contribution in [0.1, 0.15) is 37.6 Å². The number of halogens is 4. The van der Waals surface area contributed by atoms with E-state index in [1.54, 1.807) is 52.3 Å². The van der Waals surface area contributed by atoms with Crippen LogP contribution in [0.5, 0.6) is 11.5 Å². The highest BCUT2D eigenvalue weighted by Gasteiger charge is 2.42. The van der Waals surface area contributed by atoms with E-state index in [9.17, 15) is 27.6 Å². The number of rotatable bonds is 12. The van der Waals surface area contributed by atoms with Gasteiger partial charge in [-0.2, -0.15) is 13.2 Å². The van der Waals surface area contributed by atoms with Crippen molar-refractivity contribution in [3.05, 3.63) is 47.2 Å². The summed E-state index contributed by atoms with van der Waals surface area (Å²) in [5.74, 6) is -4.19. The van der Waals surface area contributed by atoms with Crippen LogP contribution < -0.4 is 14.8 Å². The third kappa shape index (κ3) is 8.79. The molecule has 0 aliphatic heterocycles. The summed E-state index contributed by atoms with van der Waals surface area (Å²) in [5.41, 5.74) is 0.389. The molecule has 2 rings (SSSR count). The molecule has 38 heavy (non-hydrogen) atoms. The van der Waals surface area contributed by atoms with Gasteiger partial charge in [-0.1, -0.05) is 11.6 Å². The molecule has 0 fully saturated rings. The lowest BCUT2D eigenvalue weighted by molar-refractivity contribution is -0.189. The number of aromatic nitrogens is 1. The molecule has 2 aromatic rings. The fourth-order valence-corrected chi connectivity index (χ4v) is 3.48. The maximum Gasteiger partial charge on any atom is 0.491 e. The third-order valence-corrected chi connectivity index (χ3v) is 5.69. The van der Waals surface area contributed by atoms with E-state index in [1.807, 2.05) is 0 Å². The summed E-state index contributed by atoms with van der Waals surface area (Å²) in [6.07, 6.45) is -2.12. The van der Waals surface area contributed by atoms with Gasteiger partial charge in [-0.15, -0.1) is 0 Å². The van der Waals surface area contributed by atoms with Crippen molar-refractivity contribution in [2.45, 2.75) is 39.4 Å². The predicted octanol–water partition coefficient (Wildman–Crippen LogP) is 4.41. The molecule has 0 saturated heterocycles. The minimum absolute atomic E-state index is 0.0173. The summed E-state index contributed by atoms with van der Waals surface area (Å²) < 4.78 is 49.0. The maximum absolute atomic E-state index is 13.5. The number of hydrogen-bond donors (Lipinski definition) is 1. The van der Waals surface area contributed by atoms with E-state index in [4.69, 9.17) is 16.3 Å². The summed E-state index contributed by atoms with van der Waals surface area (Å²) >= 11 is 6.17. The van der Waals surface area contributed by atoms with Crippen LogP contribution in [0.25, 0.3) is 0 Å². The molecule has 1 aromatic carbocycles. The number of amides is 2. The third-order valence-electron chi connectivity index (χ3n) is 5.40. The van der Waals surface area contributed by atoms with Crippen LogP contribution in [-0.4, -0.2) is 78.1 Å². The normalized spacial score (nSPS) is 11.2. The van der Waals surface area contributed by atoms with Gasteiger partial charge < -0.3 is 24.6 Å². The van der Waals surface area contributed by atoms with Gasteiger partial charge >= 0.3 is 12.1 Å². The molecule has 0 spiro atoms. The SMILES string of the molecule is CCN(C)C(=O)CCN(C(=O)c1cc(OCCNc2ccncc2)cc(Cl)c1OC(=O)C(F)(F)F)C(C)C. The molecule has 0 unspecified atom stereocenters. The molecule has 0 saturated carbocycles. The number of pyridine rings is 1. The highest BCUT2D eigenvalue weighted by Crippen LogP contribution is 2.36. The fourth-order valence-electron chi connectivity index (χ4n) is 3.23. The van der Waals surface area contributed by atoms with Crippen LogP contribution in [0.2, 0.25) is 5.02 Å². The van der Waals surface area contributed by atoms with Crippen molar-refractivity contribution in [1.82, 2.24) is 14.8 Å². The molecule has 0 radical (unpaired) electrons. The van der Waals surface area contributed by atoms with Crippen molar-refractivity contribution in [3.63, 3.8) is 0 Å². The second-order valence-electron chi connectivity index (χ2n) is 8.43. The Morgan fingerprint density at radius 1 is 1.16 bits per heavy atom. The van der Waals surface area contributed by atoms with Crippen molar-refractivity contribution >= 4 is 35.1 Å². The number of carbonyl (C=O) groups excluding carboxylic acids is 3. The zero-order valence-corrected chi connectivity index (χ0v) is 22.2. The van der Waals surface area contributed by atoms with E-state index in [0.717, 1.165) is 17.8 Å². The van der Waals surface area contributed by atoms with E-state index in [1.165, 1.54) is 9.80 Å². The van der Waals surface area contributed by atoms with Gasteiger partial charge in [-0.3, -0.25) is 14.6 Å². The van der Waals surface area contributed by atoms with Gasteiger partial charge in [0.2, 0.25) is 5.91 Å². The monoisotopic (exact) mass is 558 g/mol. The first kappa shape index (κ1) is 30.7. The standard InChI is InChI=1S/C25H30ClF3N4O5/c1-5-32(4)21(34)8-12-33(16(2)3)23(35)19-14-18(37-13-11-31-17-6-9-30-10-7-17)15-20(26)22(19)38-24(36)25(27,28)29/h6-7,9-10,14-16H,5,8,11-13H2,1-4H3,(H,30,31). The molecule has 1 aromatic heterocycles. The van der Waals surface area contributed by atoms with Crippen molar-refractivity contribution in [3.8, 4) is 11.5 Å². The minimum Gasteiger partial charge on any atom is -0.492 e. The average molecular weight is 559 g/mol. The molecule has 208 valence electrons. The van der Waals surface area contributed by atoms with Crippen molar-refractivity contribution in [2.24, 2.45) is 0 Å². The van der Waals surface area contributed by atoms with Crippen LogP contribution >= 0.6 is 11.6 Å². The van der Waals surface area contributed by atoms with E-state index >= 15 is 0 Å². The second-order valence-corrected chi connectivity index (χ2v) is 8.84. The van der Waals surface area contributed by atoms with Crippen molar-refractivity contribution in [1.29, 1.82) is 0 Å². The lowest BCUT2D eigenvalue weighted by Gasteiger charge is -2.28. The zero-order chi connectivity index (χ0) is 28.5. The molecular formula is C25H30ClF3N4O5. The van der Waals surface area contributed by atoms with Crippen LogP contribution in [-0.2, 0) is 9.59 Å². The number of nitrogens with zero attached hydrogens (tertiary/aromatic N) is 3. The van der Waals surface area contributed by atoms with Gasteiger partial charge in [-0.25, -0.2) is 4.79 Å². The number of benzene rings is 1. The number of nitrogens with one attached hydrogen (secondary N) is 1. The Hall–Kier alpha value is -3.54. The van der Waals surface area contributed by atoms with E-state index in [2.05, 4.69) is 15.0 Å². The van der Waals surface area contributed by atoms with Gasteiger partial charge in [-0.05, 0) is 39.0 Å². The van der Waals surface area contributed by atoms with Gasteiger partial charge in [0.1, 0.15) is 12.4 Å². The molecular weight excluding hydrogens is 529 g/mol. The smallest absolute Gasteiger partial charge is 0.491 e. The zero-order valence-electron chi connectivity index (χ0n) is 21.5. The van der Waals surface area contributed by atoms with Crippen LogP contribution in [0.15, 0.2) is 36.7 Å². The van der Waals surface area contributed by atoms with Gasteiger partial charge in [0.15, 0.2) is 5.75 Å². The fraction of sp³-hybridized carbons (Fsp3) is 0.440. The molecule has 1 heterocycles. The van der Waals surface area contributed by atoms with Gasteiger partial charge in [0, 0.05) is 63.3 Å². The molecule has 1 N–H and O–H groups in total. The molecule has 0 aliphatic carbocycles.